The fourth-order valence-corrected chi connectivity index (χ4v) is 2.88. The summed E-state index contributed by atoms with van der Waals surface area (Å²) in [6, 6.07) is 5.64. The molecule has 0 saturated heterocycles. The minimum absolute atomic E-state index is 0.233. The monoisotopic (exact) mass is 325 g/mol. The summed E-state index contributed by atoms with van der Waals surface area (Å²) in [5, 5.41) is 11.9. The molecule has 2 atom stereocenters. The molecule has 0 unspecified atom stereocenters. The fourth-order valence-electron chi connectivity index (χ4n) is 2.53. The fraction of sp³-hybridized carbons (Fsp3) is 0.429. The molecule has 1 aliphatic carbocycles. The maximum atomic E-state index is 12.2. The molecule has 102 valence electrons. The molecule has 1 amide bonds. The van der Waals surface area contributed by atoms with Crippen LogP contribution in [-0.2, 0) is 9.59 Å². The minimum Gasteiger partial charge on any atom is -0.481 e. The molecule has 2 rings (SSSR count). The van der Waals surface area contributed by atoms with Crippen molar-refractivity contribution >= 4 is 33.5 Å². The van der Waals surface area contributed by atoms with E-state index < -0.39 is 23.2 Å². The van der Waals surface area contributed by atoms with Gasteiger partial charge in [0.15, 0.2) is 0 Å². The van der Waals surface area contributed by atoms with E-state index >= 15 is 0 Å². The van der Waals surface area contributed by atoms with Crippen LogP contribution >= 0.6 is 15.9 Å². The number of carbonyl (C=O) groups is 2. The SMILES string of the molecule is Cc1ccc(Br)c(NC(=O)[C@H]2[C@@H](C(=O)O)C2(C)C)c1. The predicted molar refractivity (Wildman–Crippen MR) is 75.9 cm³/mol. The Morgan fingerprint density at radius 3 is 2.47 bits per heavy atom. The number of rotatable bonds is 3. The Balaban J connectivity index is 2.15. The van der Waals surface area contributed by atoms with E-state index in [1.54, 1.807) is 13.8 Å². The van der Waals surface area contributed by atoms with E-state index in [0.29, 0.717) is 5.69 Å². The van der Waals surface area contributed by atoms with Gasteiger partial charge in [-0.15, -0.1) is 0 Å². The lowest BCUT2D eigenvalue weighted by Gasteiger charge is -2.09. The van der Waals surface area contributed by atoms with E-state index in [1.165, 1.54) is 0 Å². The maximum absolute atomic E-state index is 12.2. The van der Waals surface area contributed by atoms with Gasteiger partial charge in [-0.25, -0.2) is 0 Å². The first-order chi connectivity index (χ1) is 8.75. The molecule has 0 spiro atoms. The molecule has 0 bridgehead atoms. The predicted octanol–water partition coefficient (Wildman–Crippen LogP) is 3.05. The molecule has 0 aromatic heterocycles. The summed E-state index contributed by atoms with van der Waals surface area (Å²) in [4.78, 5) is 23.2. The third kappa shape index (κ3) is 2.52. The number of amides is 1. The lowest BCUT2D eigenvalue weighted by Crippen LogP contribution is -2.18. The molecule has 1 aromatic rings. The van der Waals surface area contributed by atoms with Crippen LogP contribution in [0.1, 0.15) is 19.4 Å². The highest BCUT2D eigenvalue weighted by Gasteiger charge is 2.65. The summed E-state index contributed by atoms with van der Waals surface area (Å²) < 4.78 is 0.789. The van der Waals surface area contributed by atoms with E-state index in [1.807, 2.05) is 25.1 Å². The highest BCUT2D eigenvalue weighted by molar-refractivity contribution is 9.10. The molecule has 5 heteroatoms. The average molecular weight is 326 g/mol. The van der Waals surface area contributed by atoms with E-state index in [4.69, 9.17) is 5.11 Å². The normalized spacial score (nSPS) is 23.8. The van der Waals surface area contributed by atoms with Crippen molar-refractivity contribution < 1.29 is 14.7 Å². The summed E-state index contributed by atoms with van der Waals surface area (Å²) in [5.74, 6) is -2.22. The van der Waals surface area contributed by atoms with Gasteiger partial charge >= 0.3 is 5.97 Å². The second-order valence-corrected chi connectivity index (χ2v) is 6.44. The highest BCUT2D eigenvalue weighted by atomic mass is 79.9. The molecule has 1 fully saturated rings. The number of hydrogen-bond donors (Lipinski definition) is 2. The van der Waals surface area contributed by atoms with Crippen molar-refractivity contribution in [2.75, 3.05) is 5.32 Å². The van der Waals surface area contributed by atoms with Crippen LogP contribution in [0.4, 0.5) is 5.69 Å². The van der Waals surface area contributed by atoms with E-state index in [2.05, 4.69) is 21.2 Å². The van der Waals surface area contributed by atoms with Crippen LogP contribution in [0.25, 0.3) is 0 Å². The number of halogens is 1. The Hall–Kier alpha value is -1.36. The van der Waals surface area contributed by atoms with Gasteiger partial charge in [0.05, 0.1) is 17.5 Å². The molecule has 2 N–H and O–H groups in total. The van der Waals surface area contributed by atoms with Crippen molar-refractivity contribution in [3.05, 3.63) is 28.2 Å². The van der Waals surface area contributed by atoms with Crippen LogP contribution in [0.2, 0.25) is 0 Å². The van der Waals surface area contributed by atoms with Crippen LogP contribution in [0.15, 0.2) is 22.7 Å². The Labute approximate surface area is 120 Å². The Bertz CT molecular complexity index is 554. The second kappa shape index (κ2) is 4.63. The summed E-state index contributed by atoms with van der Waals surface area (Å²) in [7, 11) is 0. The number of carboxylic acids is 1. The topological polar surface area (TPSA) is 66.4 Å². The largest absolute Gasteiger partial charge is 0.481 e. The number of benzene rings is 1. The van der Waals surface area contributed by atoms with Gasteiger partial charge in [-0.05, 0) is 46.0 Å². The van der Waals surface area contributed by atoms with Gasteiger partial charge in [0.1, 0.15) is 0 Å². The molecule has 0 radical (unpaired) electrons. The van der Waals surface area contributed by atoms with Crippen LogP contribution in [-0.4, -0.2) is 17.0 Å². The molecule has 0 heterocycles. The molecule has 1 saturated carbocycles. The van der Waals surface area contributed by atoms with Crippen LogP contribution in [0.3, 0.4) is 0 Å². The number of aryl methyl sites for hydroxylation is 1. The zero-order valence-electron chi connectivity index (χ0n) is 11.0. The quantitative estimate of drug-likeness (QED) is 0.897. The third-order valence-corrected chi connectivity index (χ3v) is 4.45. The van der Waals surface area contributed by atoms with Gasteiger partial charge in [-0.3, -0.25) is 9.59 Å². The average Bonchev–Trinajstić information content (AvgIpc) is 2.87. The molecule has 1 aromatic carbocycles. The van der Waals surface area contributed by atoms with Crippen LogP contribution in [0, 0.1) is 24.2 Å². The van der Waals surface area contributed by atoms with Gasteiger partial charge in [0, 0.05) is 4.47 Å². The van der Waals surface area contributed by atoms with Crippen molar-refractivity contribution in [1.29, 1.82) is 0 Å². The number of anilines is 1. The minimum atomic E-state index is -0.909. The van der Waals surface area contributed by atoms with Crippen LogP contribution in [0.5, 0.6) is 0 Å². The first-order valence-corrected chi connectivity index (χ1v) is 6.84. The van der Waals surface area contributed by atoms with Gasteiger partial charge in [0.2, 0.25) is 5.91 Å². The molecule has 19 heavy (non-hydrogen) atoms. The first-order valence-electron chi connectivity index (χ1n) is 6.05. The summed E-state index contributed by atoms with van der Waals surface area (Å²) in [6.07, 6.45) is 0. The third-order valence-electron chi connectivity index (χ3n) is 3.76. The van der Waals surface area contributed by atoms with Gasteiger partial charge in [0.25, 0.3) is 0 Å². The number of carboxylic acid groups (broad SMARTS) is 1. The standard InChI is InChI=1S/C14H16BrNO3/c1-7-4-5-8(15)9(6-7)16-12(17)10-11(13(18)19)14(10,2)3/h4-6,10-11H,1-3H3,(H,16,17)(H,18,19)/t10-,11+/m1/s1. The Kier molecular flexibility index (Phi) is 3.43. The van der Waals surface area contributed by atoms with E-state index in [0.717, 1.165) is 10.0 Å². The lowest BCUT2D eigenvalue weighted by molar-refractivity contribution is -0.140. The molecule has 4 nitrogen and oxygen atoms in total. The van der Waals surface area contributed by atoms with Crippen molar-refractivity contribution in [3.8, 4) is 0 Å². The molecule has 0 aliphatic heterocycles. The number of carbonyl (C=O) groups excluding carboxylic acids is 1. The van der Waals surface area contributed by atoms with Crippen molar-refractivity contribution in [3.63, 3.8) is 0 Å². The molecule has 1 aliphatic rings. The van der Waals surface area contributed by atoms with Gasteiger partial charge < -0.3 is 10.4 Å². The maximum Gasteiger partial charge on any atom is 0.307 e. The van der Waals surface area contributed by atoms with Crippen molar-refractivity contribution in [2.45, 2.75) is 20.8 Å². The zero-order valence-corrected chi connectivity index (χ0v) is 12.6. The van der Waals surface area contributed by atoms with E-state index in [-0.39, 0.29) is 5.91 Å². The summed E-state index contributed by atoms with van der Waals surface area (Å²) in [6.45, 7) is 5.55. The Morgan fingerprint density at radius 2 is 1.95 bits per heavy atom. The molecular weight excluding hydrogens is 310 g/mol. The molecular formula is C14H16BrNO3. The zero-order chi connectivity index (χ0) is 14.4. The van der Waals surface area contributed by atoms with E-state index in [9.17, 15) is 9.59 Å². The van der Waals surface area contributed by atoms with Crippen LogP contribution < -0.4 is 5.32 Å². The number of hydrogen-bond acceptors (Lipinski definition) is 2. The summed E-state index contributed by atoms with van der Waals surface area (Å²) >= 11 is 3.37. The Morgan fingerprint density at radius 1 is 1.32 bits per heavy atom. The lowest BCUT2D eigenvalue weighted by atomic mass is 10.1. The second-order valence-electron chi connectivity index (χ2n) is 5.59. The highest BCUT2D eigenvalue weighted by Crippen LogP contribution is 2.58. The summed E-state index contributed by atoms with van der Waals surface area (Å²) in [5.41, 5.74) is 1.23. The van der Waals surface area contributed by atoms with Crippen molar-refractivity contribution in [1.82, 2.24) is 0 Å². The smallest absolute Gasteiger partial charge is 0.307 e. The van der Waals surface area contributed by atoms with Gasteiger partial charge in [-0.1, -0.05) is 19.9 Å². The van der Waals surface area contributed by atoms with Crippen molar-refractivity contribution in [2.24, 2.45) is 17.3 Å². The number of aliphatic carboxylic acids is 1. The first kappa shape index (κ1) is 14.1. The van der Waals surface area contributed by atoms with Gasteiger partial charge in [-0.2, -0.15) is 0 Å². The number of nitrogens with one attached hydrogen (secondary N) is 1.